The van der Waals surface area contributed by atoms with Gasteiger partial charge in [0.05, 0.1) is 5.69 Å². The SMILES string of the molecule is CC(C)(C)OC(=O)N1CCN(c2cccc3nc(COC(N)=O)cn23)CC1. The fourth-order valence-corrected chi connectivity index (χ4v) is 2.96. The average Bonchev–Trinajstić information content (AvgIpc) is 3.01. The van der Waals surface area contributed by atoms with E-state index in [4.69, 9.17) is 15.2 Å². The lowest BCUT2D eigenvalue weighted by molar-refractivity contribution is 0.0240. The van der Waals surface area contributed by atoms with E-state index in [0.29, 0.717) is 31.9 Å². The van der Waals surface area contributed by atoms with Crippen LogP contribution in [0.1, 0.15) is 26.5 Å². The highest BCUT2D eigenvalue weighted by atomic mass is 16.6. The van der Waals surface area contributed by atoms with Gasteiger partial charge in [-0.25, -0.2) is 14.6 Å². The second-order valence-electron chi connectivity index (χ2n) is 7.41. The Morgan fingerprint density at radius 2 is 1.89 bits per heavy atom. The van der Waals surface area contributed by atoms with E-state index in [9.17, 15) is 9.59 Å². The number of nitrogens with zero attached hydrogens (tertiary/aromatic N) is 4. The first-order valence-corrected chi connectivity index (χ1v) is 8.85. The van der Waals surface area contributed by atoms with Gasteiger partial charge < -0.3 is 25.0 Å². The average molecular weight is 375 g/mol. The Hall–Kier alpha value is -2.97. The van der Waals surface area contributed by atoms with Crippen LogP contribution in [0.15, 0.2) is 24.4 Å². The zero-order valence-corrected chi connectivity index (χ0v) is 15.8. The fraction of sp³-hybridized carbons (Fsp3) is 0.500. The van der Waals surface area contributed by atoms with Crippen LogP contribution in [0.3, 0.4) is 0 Å². The van der Waals surface area contributed by atoms with E-state index in [1.54, 1.807) is 4.90 Å². The number of aromatic nitrogens is 2. The highest BCUT2D eigenvalue weighted by molar-refractivity contribution is 5.68. The summed E-state index contributed by atoms with van der Waals surface area (Å²) in [5.74, 6) is 0.967. The fourth-order valence-electron chi connectivity index (χ4n) is 2.96. The third-order valence-corrected chi connectivity index (χ3v) is 4.14. The van der Waals surface area contributed by atoms with Crippen molar-refractivity contribution in [2.24, 2.45) is 5.73 Å². The number of carbonyl (C=O) groups excluding carboxylic acids is 2. The van der Waals surface area contributed by atoms with Crippen LogP contribution in [-0.4, -0.2) is 58.3 Å². The van der Waals surface area contributed by atoms with Gasteiger partial charge in [0.1, 0.15) is 23.7 Å². The second kappa shape index (κ2) is 7.34. The van der Waals surface area contributed by atoms with E-state index in [1.807, 2.05) is 49.6 Å². The van der Waals surface area contributed by atoms with Gasteiger partial charge in [0.2, 0.25) is 0 Å². The number of anilines is 1. The topological polar surface area (TPSA) is 102 Å². The molecule has 0 aromatic carbocycles. The lowest BCUT2D eigenvalue weighted by Gasteiger charge is -2.36. The molecule has 0 bridgehead atoms. The number of piperazine rings is 1. The Labute approximate surface area is 157 Å². The molecule has 1 saturated heterocycles. The molecule has 0 saturated carbocycles. The Kier molecular flexibility index (Phi) is 5.11. The largest absolute Gasteiger partial charge is 0.444 e. The molecule has 146 valence electrons. The molecule has 3 heterocycles. The molecule has 3 rings (SSSR count). The lowest BCUT2D eigenvalue weighted by Crippen LogP contribution is -2.50. The van der Waals surface area contributed by atoms with Crippen molar-refractivity contribution >= 4 is 23.7 Å². The standard InChI is InChI=1S/C18H25N5O4/c1-18(2,3)27-17(25)22-9-7-21(8-10-22)15-6-4-5-14-20-13(11-23(14)15)12-26-16(19)24/h4-6,11H,7-10,12H2,1-3H3,(H2,19,24). The number of amides is 2. The van der Waals surface area contributed by atoms with Crippen molar-refractivity contribution in [3.63, 3.8) is 0 Å². The predicted molar refractivity (Wildman–Crippen MR) is 99.6 cm³/mol. The van der Waals surface area contributed by atoms with Crippen molar-refractivity contribution < 1.29 is 19.1 Å². The normalized spacial score (nSPS) is 15.1. The molecule has 0 atom stereocenters. The maximum Gasteiger partial charge on any atom is 0.410 e. The van der Waals surface area contributed by atoms with E-state index < -0.39 is 11.7 Å². The van der Waals surface area contributed by atoms with Crippen molar-refractivity contribution in [1.82, 2.24) is 14.3 Å². The number of hydrogen-bond acceptors (Lipinski definition) is 6. The van der Waals surface area contributed by atoms with Crippen molar-refractivity contribution in [2.75, 3.05) is 31.1 Å². The van der Waals surface area contributed by atoms with E-state index in [-0.39, 0.29) is 12.7 Å². The summed E-state index contributed by atoms with van der Waals surface area (Å²) < 4.78 is 12.2. The minimum absolute atomic E-state index is 0.0306. The van der Waals surface area contributed by atoms with Gasteiger partial charge in [0.15, 0.2) is 0 Å². The van der Waals surface area contributed by atoms with E-state index in [0.717, 1.165) is 11.5 Å². The third-order valence-electron chi connectivity index (χ3n) is 4.14. The quantitative estimate of drug-likeness (QED) is 0.880. The summed E-state index contributed by atoms with van der Waals surface area (Å²) in [7, 11) is 0. The lowest BCUT2D eigenvalue weighted by atomic mass is 10.2. The molecule has 9 nitrogen and oxygen atoms in total. The second-order valence-corrected chi connectivity index (χ2v) is 7.41. The van der Waals surface area contributed by atoms with Crippen LogP contribution in [0.4, 0.5) is 15.4 Å². The van der Waals surface area contributed by atoms with Crippen LogP contribution in [0.5, 0.6) is 0 Å². The predicted octanol–water partition coefficient (Wildman–Crippen LogP) is 1.99. The van der Waals surface area contributed by atoms with Crippen molar-refractivity contribution in [3.05, 3.63) is 30.1 Å². The molecule has 2 aromatic heterocycles. The number of fused-ring (bicyclic) bond motifs is 1. The molecule has 2 N–H and O–H groups in total. The first kappa shape index (κ1) is 18.8. The van der Waals surface area contributed by atoms with Gasteiger partial charge in [0.25, 0.3) is 0 Å². The monoisotopic (exact) mass is 375 g/mol. The molecular formula is C18H25N5O4. The summed E-state index contributed by atoms with van der Waals surface area (Å²) in [6.45, 7) is 8.15. The zero-order chi connectivity index (χ0) is 19.6. The Morgan fingerprint density at radius 1 is 1.19 bits per heavy atom. The highest BCUT2D eigenvalue weighted by Gasteiger charge is 2.26. The Balaban J connectivity index is 1.69. The summed E-state index contributed by atoms with van der Waals surface area (Å²) in [5.41, 5.74) is 5.88. The van der Waals surface area contributed by atoms with Crippen LogP contribution >= 0.6 is 0 Å². The van der Waals surface area contributed by atoms with Gasteiger partial charge in [-0.05, 0) is 32.9 Å². The van der Waals surface area contributed by atoms with E-state index >= 15 is 0 Å². The molecule has 9 heteroatoms. The summed E-state index contributed by atoms with van der Waals surface area (Å²) in [5, 5.41) is 0. The molecular weight excluding hydrogens is 350 g/mol. The minimum atomic E-state index is -0.828. The van der Waals surface area contributed by atoms with E-state index in [2.05, 4.69) is 9.88 Å². The van der Waals surface area contributed by atoms with Crippen molar-refractivity contribution in [1.29, 1.82) is 0 Å². The number of imidazole rings is 1. The molecule has 1 fully saturated rings. The summed E-state index contributed by atoms with van der Waals surface area (Å²) in [6, 6.07) is 5.81. The first-order chi connectivity index (χ1) is 12.7. The van der Waals surface area contributed by atoms with Gasteiger partial charge >= 0.3 is 12.2 Å². The number of carbonyl (C=O) groups is 2. The number of ether oxygens (including phenoxy) is 2. The van der Waals surface area contributed by atoms with Crippen LogP contribution in [0, 0.1) is 0 Å². The number of primary amides is 1. The van der Waals surface area contributed by atoms with E-state index in [1.165, 1.54) is 0 Å². The van der Waals surface area contributed by atoms with Gasteiger partial charge in [-0.1, -0.05) is 6.07 Å². The molecule has 0 spiro atoms. The van der Waals surface area contributed by atoms with Crippen LogP contribution in [-0.2, 0) is 16.1 Å². The molecule has 2 aromatic rings. The first-order valence-electron chi connectivity index (χ1n) is 8.85. The van der Waals surface area contributed by atoms with Crippen LogP contribution in [0.2, 0.25) is 0 Å². The number of hydrogen-bond donors (Lipinski definition) is 1. The zero-order valence-electron chi connectivity index (χ0n) is 15.8. The maximum atomic E-state index is 12.2. The molecule has 27 heavy (non-hydrogen) atoms. The number of rotatable bonds is 3. The minimum Gasteiger partial charge on any atom is -0.444 e. The summed E-state index contributed by atoms with van der Waals surface area (Å²) in [6.07, 6.45) is 0.716. The van der Waals surface area contributed by atoms with Crippen molar-refractivity contribution in [2.45, 2.75) is 33.0 Å². The number of pyridine rings is 1. The summed E-state index contributed by atoms with van der Waals surface area (Å²) in [4.78, 5) is 31.4. The molecule has 0 aliphatic carbocycles. The number of nitrogens with two attached hydrogens (primary N) is 1. The molecule has 1 aliphatic rings. The maximum absolute atomic E-state index is 12.2. The Bertz CT molecular complexity index is 834. The molecule has 0 radical (unpaired) electrons. The Morgan fingerprint density at radius 3 is 2.52 bits per heavy atom. The van der Waals surface area contributed by atoms with Gasteiger partial charge in [0, 0.05) is 32.4 Å². The van der Waals surface area contributed by atoms with Crippen LogP contribution in [0.25, 0.3) is 5.65 Å². The highest BCUT2D eigenvalue weighted by Crippen LogP contribution is 2.20. The smallest absolute Gasteiger partial charge is 0.410 e. The summed E-state index contributed by atoms with van der Waals surface area (Å²) >= 11 is 0. The van der Waals surface area contributed by atoms with Gasteiger partial charge in [-0.3, -0.25) is 4.40 Å². The van der Waals surface area contributed by atoms with Gasteiger partial charge in [-0.15, -0.1) is 0 Å². The third kappa shape index (κ3) is 4.60. The molecule has 2 amide bonds. The molecule has 1 aliphatic heterocycles. The van der Waals surface area contributed by atoms with Crippen LogP contribution < -0.4 is 10.6 Å². The molecule has 0 unspecified atom stereocenters. The van der Waals surface area contributed by atoms with Gasteiger partial charge in [-0.2, -0.15) is 0 Å². The van der Waals surface area contributed by atoms with Crippen molar-refractivity contribution in [3.8, 4) is 0 Å².